The molecule has 1 aromatic rings. The van der Waals surface area contributed by atoms with Crippen molar-refractivity contribution in [1.29, 1.82) is 0 Å². The van der Waals surface area contributed by atoms with Crippen molar-refractivity contribution in [3.8, 4) is 0 Å². The molecule has 0 bridgehead atoms. The first kappa shape index (κ1) is 11.7. The largest absolute Gasteiger partial charge is 0.466 e. The van der Waals surface area contributed by atoms with Crippen LogP contribution in [0.5, 0.6) is 0 Å². The molecule has 1 aliphatic rings. The Morgan fingerprint density at radius 1 is 1.50 bits per heavy atom. The Kier molecular flexibility index (Phi) is 3.36. The Labute approximate surface area is 97.8 Å². The zero-order valence-corrected chi connectivity index (χ0v) is 10.7. The number of nitrogens with zero attached hydrogens (tertiary/aromatic N) is 1. The Bertz CT molecular complexity index is 349. The van der Waals surface area contributed by atoms with Crippen molar-refractivity contribution in [3.63, 3.8) is 0 Å². The molecule has 0 radical (unpaired) electrons. The SMILES string of the molecule is Cc1cc(CNC2CC(C)N(C)C2)c(C)o1. The Hall–Kier alpha value is -0.800. The number of aryl methyl sites for hydroxylation is 2. The molecular formula is C13H22N2O. The Morgan fingerprint density at radius 2 is 2.25 bits per heavy atom. The van der Waals surface area contributed by atoms with Gasteiger partial charge in [0, 0.05) is 30.7 Å². The third kappa shape index (κ3) is 2.47. The lowest BCUT2D eigenvalue weighted by Gasteiger charge is -2.13. The van der Waals surface area contributed by atoms with Gasteiger partial charge in [-0.2, -0.15) is 0 Å². The molecule has 3 heteroatoms. The van der Waals surface area contributed by atoms with Crippen LogP contribution in [0.25, 0.3) is 0 Å². The maximum absolute atomic E-state index is 5.52. The summed E-state index contributed by atoms with van der Waals surface area (Å²) in [5, 5.41) is 3.61. The van der Waals surface area contributed by atoms with Gasteiger partial charge < -0.3 is 14.6 Å². The molecule has 1 saturated heterocycles. The van der Waals surface area contributed by atoms with E-state index in [9.17, 15) is 0 Å². The van der Waals surface area contributed by atoms with Crippen molar-refractivity contribution in [2.24, 2.45) is 0 Å². The summed E-state index contributed by atoms with van der Waals surface area (Å²) in [5.74, 6) is 2.05. The summed E-state index contributed by atoms with van der Waals surface area (Å²) >= 11 is 0. The van der Waals surface area contributed by atoms with Crippen molar-refractivity contribution in [2.45, 2.75) is 45.8 Å². The maximum Gasteiger partial charge on any atom is 0.105 e. The van der Waals surface area contributed by atoms with Gasteiger partial charge in [-0.25, -0.2) is 0 Å². The van der Waals surface area contributed by atoms with Crippen molar-refractivity contribution in [3.05, 3.63) is 23.2 Å². The van der Waals surface area contributed by atoms with Crippen LogP contribution in [0.4, 0.5) is 0 Å². The van der Waals surface area contributed by atoms with Crippen LogP contribution >= 0.6 is 0 Å². The minimum absolute atomic E-state index is 0.620. The molecule has 2 unspecified atom stereocenters. The van der Waals surface area contributed by atoms with Gasteiger partial charge in [-0.3, -0.25) is 0 Å². The standard InChI is InChI=1S/C13H22N2O/c1-9-5-13(8-15(9)4)14-7-12-6-10(2)16-11(12)3/h6,9,13-14H,5,7-8H2,1-4H3. The van der Waals surface area contributed by atoms with E-state index in [-0.39, 0.29) is 0 Å². The monoisotopic (exact) mass is 222 g/mol. The molecule has 0 spiro atoms. The summed E-state index contributed by atoms with van der Waals surface area (Å²) in [5.41, 5.74) is 1.29. The highest BCUT2D eigenvalue weighted by molar-refractivity contribution is 5.19. The minimum atomic E-state index is 0.620. The third-order valence-corrected chi connectivity index (χ3v) is 3.61. The summed E-state index contributed by atoms with van der Waals surface area (Å²) in [6.07, 6.45) is 1.24. The molecule has 2 rings (SSSR count). The second-order valence-electron chi connectivity index (χ2n) is 5.04. The van der Waals surface area contributed by atoms with E-state index in [1.54, 1.807) is 0 Å². The molecule has 90 valence electrons. The van der Waals surface area contributed by atoms with Crippen LogP contribution in [0.3, 0.4) is 0 Å². The summed E-state index contributed by atoms with van der Waals surface area (Å²) in [7, 11) is 2.19. The Morgan fingerprint density at radius 3 is 2.75 bits per heavy atom. The van der Waals surface area contributed by atoms with Crippen LogP contribution in [0.15, 0.2) is 10.5 Å². The highest BCUT2D eigenvalue weighted by Crippen LogP contribution is 2.17. The molecule has 1 aromatic heterocycles. The molecule has 1 N–H and O–H groups in total. The van der Waals surface area contributed by atoms with E-state index >= 15 is 0 Å². The summed E-state index contributed by atoms with van der Waals surface area (Å²) in [6, 6.07) is 3.45. The molecule has 16 heavy (non-hydrogen) atoms. The van der Waals surface area contributed by atoms with Gasteiger partial charge in [-0.15, -0.1) is 0 Å². The van der Waals surface area contributed by atoms with Crippen molar-refractivity contribution in [2.75, 3.05) is 13.6 Å². The average Bonchev–Trinajstić information content (AvgIpc) is 2.68. The maximum atomic E-state index is 5.52. The second-order valence-corrected chi connectivity index (χ2v) is 5.04. The zero-order chi connectivity index (χ0) is 11.7. The van der Waals surface area contributed by atoms with Crippen LogP contribution in [0.1, 0.15) is 30.4 Å². The topological polar surface area (TPSA) is 28.4 Å². The number of likely N-dealkylation sites (N-methyl/N-ethyl adjacent to an activating group) is 1. The lowest BCUT2D eigenvalue weighted by atomic mass is 10.1. The molecule has 2 atom stereocenters. The molecule has 1 aliphatic heterocycles. The molecule has 0 aliphatic carbocycles. The summed E-state index contributed by atoms with van der Waals surface area (Å²) in [6.45, 7) is 8.40. The zero-order valence-electron chi connectivity index (χ0n) is 10.7. The quantitative estimate of drug-likeness (QED) is 0.848. The van der Waals surface area contributed by atoms with E-state index < -0.39 is 0 Å². The Balaban J connectivity index is 1.86. The van der Waals surface area contributed by atoms with Gasteiger partial charge >= 0.3 is 0 Å². The van der Waals surface area contributed by atoms with Crippen molar-refractivity contribution >= 4 is 0 Å². The predicted octanol–water partition coefficient (Wildman–Crippen LogP) is 2.08. The van der Waals surface area contributed by atoms with Crippen LogP contribution in [0, 0.1) is 13.8 Å². The van der Waals surface area contributed by atoms with Gasteiger partial charge in [0.25, 0.3) is 0 Å². The van der Waals surface area contributed by atoms with Crippen molar-refractivity contribution < 1.29 is 4.42 Å². The summed E-state index contributed by atoms with van der Waals surface area (Å²) < 4.78 is 5.52. The van der Waals surface area contributed by atoms with E-state index in [4.69, 9.17) is 4.42 Å². The fourth-order valence-electron chi connectivity index (χ4n) is 2.45. The van der Waals surface area contributed by atoms with Crippen LogP contribution in [0.2, 0.25) is 0 Å². The smallest absolute Gasteiger partial charge is 0.105 e. The van der Waals surface area contributed by atoms with E-state index in [0.717, 1.165) is 24.6 Å². The van der Waals surface area contributed by atoms with Gasteiger partial charge in [0.1, 0.15) is 11.5 Å². The number of hydrogen-bond acceptors (Lipinski definition) is 3. The van der Waals surface area contributed by atoms with Gasteiger partial charge in [0.2, 0.25) is 0 Å². The first-order valence-electron chi connectivity index (χ1n) is 6.06. The van der Waals surface area contributed by atoms with Gasteiger partial charge in [-0.1, -0.05) is 0 Å². The molecule has 3 nitrogen and oxygen atoms in total. The highest BCUT2D eigenvalue weighted by atomic mass is 16.3. The fourth-order valence-corrected chi connectivity index (χ4v) is 2.45. The van der Waals surface area contributed by atoms with Gasteiger partial charge in [-0.05, 0) is 40.3 Å². The molecular weight excluding hydrogens is 200 g/mol. The predicted molar refractivity (Wildman–Crippen MR) is 65.5 cm³/mol. The average molecular weight is 222 g/mol. The van der Waals surface area contributed by atoms with Crippen LogP contribution in [-0.4, -0.2) is 30.6 Å². The van der Waals surface area contributed by atoms with E-state index in [1.807, 2.05) is 13.8 Å². The molecule has 0 amide bonds. The first-order valence-corrected chi connectivity index (χ1v) is 6.06. The number of hydrogen-bond donors (Lipinski definition) is 1. The third-order valence-electron chi connectivity index (χ3n) is 3.61. The number of rotatable bonds is 3. The minimum Gasteiger partial charge on any atom is -0.466 e. The molecule has 0 saturated carbocycles. The molecule has 1 fully saturated rings. The normalized spacial score (nSPS) is 26.5. The van der Waals surface area contributed by atoms with E-state index in [1.165, 1.54) is 12.0 Å². The lowest BCUT2D eigenvalue weighted by Crippen LogP contribution is -2.31. The fraction of sp³-hybridized carbons (Fsp3) is 0.692. The lowest BCUT2D eigenvalue weighted by molar-refractivity contribution is 0.326. The van der Waals surface area contributed by atoms with E-state index in [0.29, 0.717) is 12.1 Å². The van der Waals surface area contributed by atoms with Crippen LogP contribution < -0.4 is 5.32 Å². The second kappa shape index (κ2) is 4.60. The first-order chi connectivity index (χ1) is 7.56. The number of likely N-dealkylation sites (tertiary alicyclic amines) is 1. The van der Waals surface area contributed by atoms with Gasteiger partial charge in [0.05, 0.1) is 0 Å². The van der Waals surface area contributed by atoms with Gasteiger partial charge in [0.15, 0.2) is 0 Å². The van der Waals surface area contributed by atoms with E-state index in [2.05, 4.69) is 30.3 Å². The van der Waals surface area contributed by atoms with Crippen LogP contribution in [-0.2, 0) is 6.54 Å². The molecule has 2 heterocycles. The highest BCUT2D eigenvalue weighted by Gasteiger charge is 2.25. The number of furan rings is 1. The molecule has 0 aromatic carbocycles. The van der Waals surface area contributed by atoms with Crippen molar-refractivity contribution in [1.82, 2.24) is 10.2 Å². The number of nitrogens with one attached hydrogen (secondary N) is 1. The summed E-state index contributed by atoms with van der Waals surface area (Å²) in [4.78, 5) is 2.41.